The van der Waals surface area contributed by atoms with Gasteiger partial charge in [-0.3, -0.25) is 10.1 Å². The molecule has 2 aromatic rings. The molecular formula is C17H13BrN2O3. The maximum absolute atomic E-state index is 11.5. The molecule has 116 valence electrons. The summed E-state index contributed by atoms with van der Waals surface area (Å²) in [7, 11) is 0. The number of amides is 3. The van der Waals surface area contributed by atoms with E-state index in [-0.39, 0.29) is 5.70 Å². The van der Waals surface area contributed by atoms with Crippen LogP contribution in [-0.4, -0.2) is 11.9 Å². The van der Waals surface area contributed by atoms with Crippen LogP contribution in [-0.2, 0) is 11.4 Å². The van der Waals surface area contributed by atoms with Crippen LogP contribution in [0.1, 0.15) is 11.1 Å². The van der Waals surface area contributed by atoms with Gasteiger partial charge in [0.05, 0.1) is 4.47 Å². The summed E-state index contributed by atoms with van der Waals surface area (Å²) in [4.78, 5) is 22.6. The van der Waals surface area contributed by atoms with Crippen molar-refractivity contribution in [3.63, 3.8) is 0 Å². The number of halogens is 1. The van der Waals surface area contributed by atoms with E-state index < -0.39 is 11.9 Å². The van der Waals surface area contributed by atoms with E-state index in [1.165, 1.54) is 0 Å². The van der Waals surface area contributed by atoms with Crippen LogP contribution in [0.3, 0.4) is 0 Å². The molecule has 2 N–H and O–H groups in total. The molecule has 23 heavy (non-hydrogen) atoms. The lowest BCUT2D eigenvalue weighted by molar-refractivity contribution is -0.115. The molecule has 6 heteroatoms. The molecule has 1 saturated heterocycles. The molecule has 0 unspecified atom stereocenters. The van der Waals surface area contributed by atoms with Gasteiger partial charge in [-0.25, -0.2) is 4.79 Å². The Hall–Kier alpha value is -2.60. The number of imide groups is 1. The van der Waals surface area contributed by atoms with Gasteiger partial charge in [-0.2, -0.15) is 0 Å². The molecule has 2 aromatic carbocycles. The minimum absolute atomic E-state index is 0.222. The average Bonchev–Trinajstić information content (AvgIpc) is 2.85. The van der Waals surface area contributed by atoms with Crippen LogP contribution in [0, 0.1) is 0 Å². The number of ether oxygens (including phenoxy) is 1. The Morgan fingerprint density at radius 1 is 1.04 bits per heavy atom. The van der Waals surface area contributed by atoms with E-state index in [2.05, 4.69) is 26.6 Å². The second-order valence-electron chi connectivity index (χ2n) is 4.93. The Labute approximate surface area is 141 Å². The van der Waals surface area contributed by atoms with Gasteiger partial charge < -0.3 is 10.1 Å². The van der Waals surface area contributed by atoms with Crippen LogP contribution in [0.5, 0.6) is 5.75 Å². The minimum Gasteiger partial charge on any atom is -0.488 e. The number of rotatable bonds is 4. The van der Waals surface area contributed by atoms with Gasteiger partial charge in [-0.1, -0.05) is 36.4 Å². The lowest BCUT2D eigenvalue weighted by Gasteiger charge is -2.09. The highest BCUT2D eigenvalue weighted by molar-refractivity contribution is 9.10. The summed E-state index contributed by atoms with van der Waals surface area (Å²) in [5.41, 5.74) is 2.08. The van der Waals surface area contributed by atoms with Crippen LogP contribution in [0.2, 0.25) is 0 Å². The summed E-state index contributed by atoms with van der Waals surface area (Å²) in [5, 5.41) is 4.61. The summed E-state index contributed by atoms with van der Waals surface area (Å²) in [6.07, 6.45) is 1.60. The average molecular weight is 373 g/mol. The highest BCUT2D eigenvalue weighted by atomic mass is 79.9. The first-order valence-electron chi connectivity index (χ1n) is 6.92. The monoisotopic (exact) mass is 372 g/mol. The Morgan fingerprint density at radius 3 is 2.48 bits per heavy atom. The largest absolute Gasteiger partial charge is 0.488 e. The molecular weight excluding hydrogens is 360 g/mol. The first kappa shape index (κ1) is 15.3. The van der Waals surface area contributed by atoms with E-state index in [0.29, 0.717) is 12.4 Å². The van der Waals surface area contributed by atoms with Gasteiger partial charge in [0.1, 0.15) is 18.1 Å². The Bertz CT molecular complexity index is 788. The third-order valence-electron chi connectivity index (χ3n) is 3.22. The van der Waals surface area contributed by atoms with Crippen molar-refractivity contribution < 1.29 is 14.3 Å². The molecule has 0 aliphatic carbocycles. The molecule has 0 radical (unpaired) electrons. The molecule has 1 fully saturated rings. The van der Waals surface area contributed by atoms with Gasteiger partial charge in [0.25, 0.3) is 5.91 Å². The quantitative estimate of drug-likeness (QED) is 0.639. The third-order valence-corrected chi connectivity index (χ3v) is 3.84. The van der Waals surface area contributed by atoms with Crippen LogP contribution >= 0.6 is 15.9 Å². The lowest BCUT2D eigenvalue weighted by atomic mass is 10.2. The van der Waals surface area contributed by atoms with E-state index in [1.54, 1.807) is 6.08 Å². The normalized spacial score (nSPS) is 15.4. The molecule has 3 rings (SSSR count). The Balaban J connectivity index is 1.72. The highest BCUT2D eigenvalue weighted by Crippen LogP contribution is 2.27. The lowest BCUT2D eigenvalue weighted by Crippen LogP contribution is -2.22. The van der Waals surface area contributed by atoms with E-state index >= 15 is 0 Å². The number of carbonyl (C=O) groups excluding carboxylic acids is 2. The predicted octanol–water partition coefficient (Wildman–Crippen LogP) is 3.21. The smallest absolute Gasteiger partial charge is 0.326 e. The molecule has 0 atom stereocenters. The zero-order chi connectivity index (χ0) is 16.2. The Morgan fingerprint density at radius 2 is 1.83 bits per heavy atom. The summed E-state index contributed by atoms with van der Waals surface area (Å²) < 4.78 is 6.54. The van der Waals surface area contributed by atoms with Crippen molar-refractivity contribution in [3.05, 3.63) is 69.8 Å². The van der Waals surface area contributed by atoms with Crippen molar-refractivity contribution in [1.29, 1.82) is 0 Å². The van der Waals surface area contributed by atoms with Crippen LogP contribution in [0.15, 0.2) is 58.7 Å². The second-order valence-corrected chi connectivity index (χ2v) is 5.78. The maximum Gasteiger partial charge on any atom is 0.326 e. The van der Waals surface area contributed by atoms with Crippen molar-refractivity contribution in [1.82, 2.24) is 10.6 Å². The van der Waals surface area contributed by atoms with Crippen molar-refractivity contribution >= 4 is 33.9 Å². The molecule has 0 saturated carbocycles. The number of urea groups is 1. The predicted molar refractivity (Wildman–Crippen MR) is 89.6 cm³/mol. The van der Waals surface area contributed by atoms with Crippen LogP contribution < -0.4 is 15.4 Å². The van der Waals surface area contributed by atoms with Crippen molar-refractivity contribution in [2.45, 2.75) is 6.61 Å². The fraction of sp³-hybridized carbons (Fsp3) is 0.0588. The molecule has 0 aromatic heterocycles. The van der Waals surface area contributed by atoms with E-state index in [9.17, 15) is 9.59 Å². The highest BCUT2D eigenvalue weighted by Gasteiger charge is 2.22. The van der Waals surface area contributed by atoms with Gasteiger partial charge in [-0.15, -0.1) is 0 Å². The van der Waals surface area contributed by atoms with Crippen molar-refractivity contribution in [3.8, 4) is 5.75 Å². The van der Waals surface area contributed by atoms with Gasteiger partial charge in [-0.05, 0) is 45.3 Å². The van der Waals surface area contributed by atoms with Gasteiger partial charge in [0.15, 0.2) is 0 Å². The van der Waals surface area contributed by atoms with Crippen LogP contribution in [0.4, 0.5) is 4.79 Å². The molecule has 1 heterocycles. The summed E-state index contributed by atoms with van der Waals surface area (Å²) in [6, 6.07) is 14.8. The molecule has 0 spiro atoms. The summed E-state index contributed by atoms with van der Waals surface area (Å²) in [5.74, 6) is 0.270. The van der Waals surface area contributed by atoms with E-state index in [0.717, 1.165) is 15.6 Å². The number of hydrogen-bond acceptors (Lipinski definition) is 3. The van der Waals surface area contributed by atoms with Crippen LogP contribution in [0.25, 0.3) is 6.08 Å². The van der Waals surface area contributed by atoms with Crippen molar-refractivity contribution in [2.24, 2.45) is 0 Å². The van der Waals surface area contributed by atoms with E-state index in [1.807, 2.05) is 48.5 Å². The maximum atomic E-state index is 11.5. The first-order valence-corrected chi connectivity index (χ1v) is 7.71. The standard InChI is InChI=1S/C17H13BrN2O3/c18-13-8-12(9-14-16(21)20-17(22)19-14)6-7-15(13)23-10-11-4-2-1-3-5-11/h1-9H,10H2,(H2,19,20,21,22)/b14-9+. The third kappa shape index (κ3) is 3.78. The van der Waals surface area contributed by atoms with Gasteiger partial charge >= 0.3 is 6.03 Å². The summed E-state index contributed by atoms with van der Waals surface area (Å²) in [6.45, 7) is 0.471. The number of benzene rings is 2. The Kier molecular flexibility index (Phi) is 4.43. The molecule has 1 aliphatic rings. The van der Waals surface area contributed by atoms with E-state index in [4.69, 9.17) is 4.74 Å². The summed E-state index contributed by atoms with van der Waals surface area (Å²) >= 11 is 3.45. The SMILES string of the molecule is O=C1NC(=O)/C(=C\c2ccc(OCc3ccccc3)c(Br)c2)N1. The fourth-order valence-corrected chi connectivity index (χ4v) is 2.62. The topological polar surface area (TPSA) is 67.4 Å². The number of hydrogen-bond donors (Lipinski definition) is 2. The van der Waals surface area contributed by atoms with Crippen molar-refractivity contribution in [2.75, 3.05) is 0 Å². The molecule has 5 nitrogen and oxygen atoms in total. The molecule has 1 aliphatic heterocycles. The van der Waals surface area contributed by atoms with Gasteiger partial charge in [0.2, 0.25) is 0 Å². The second kappa shape index (κ2) is 6.66. The zero-order valence-electron chi connectivity index (χ0n) is 12.0. The van der Waals surface area contributed by atoms with Gasteiger partial charge in [0, 0.05) is 0 Å². The molecule has 3 amide bonds. The fourth-order valence-electron chi connectivity index (χ4n) is 2.11. The number of nitrogens with one attached hydrogen (secondary N) is 2. The minimum atomic E-state index is -0.511. The zero-order valence-corrected chi connectivity index (χ0v) is 13.6. The molecule has 0 bridgehead atoms. The first-order chi connectivity index (χ1) is 11.1. The number of carbonyl (C=O) groups is 2.